The fourth-order valence-electron chi connectivity index (χ4n) is 3.00. The fraction of sp³-hybridized carbons (Fsp3) is 0.647. The van der Waals surface area contributed by atoms with E-state index in [1.54, 1.807) is 0 Å². The molecule has 0 aromatic heterocycles. The van der Waals surface area contributed by atoms with Crippen LogP contribution in [-0.4, -0.2) is 17.8 Å². The number of unbranched alkanes of at least 4 members (excludes halogenated alkanes) is 4. The van der Waals surface area contributed by atoms with Gasteiger partial charge in [0.1, 0.15) is 0 Å². The topological polar surface area (TPSA) is 32.3 Å². The summed E-state index contributed by atoms with van der Waals surface area (Å²) >= 11 is 0. The highest BCUT2D eigenvalue weighted by atomic mass is 16.3. The Morgan fingerprint density at radius 1 is 1.21 bits per heavy atom. The molecule has 0 saturated heterocycles. The second-order valence-corrected chi connectivity index (χ2v) is 5.65. The van der Waals surface area contributed by atoms with Gasteiger partial charge in [-0.1, -0.05) is 63.3 Å². The standard InChI is InChI=1S/C17H27NO/c1-2-3-4-5-6-11-16(19)17-15-10-8-7-9-14(15)12-13-18-17/h7-10,16-19H,2-6,11-13H2,1H3. The third kappa shape index (κ3) is 4.05. The zero-order valence-electron chi connectivity index (χ0n) is 12.1. The summed E-state index contributed by atoms with van der Waals surface area (Å²) in [6.45, 7) is 3.21. The molecule has 19 heavy (non-hydrogen) atoms. The van der Waals surface area contributed by atoms with E-state index in [-0.39, 0.29) is 12.1 Å². The summed E-state index contributed by atoms with van der Waals surface area (Å²) in [6.07, 6.45) is 8.04. The third-order valence-electron chi connectivity index (χ3n) is 4.14. The van der Waals surface area contributed by atoms with E-state index in [9.17, 15) is 5.11 Å². The van der Waals surface area contributed by atoms with Gasteiger partial charge in [-0.2, -0.15) is 0 Å². The minimum absolute atomic E-state index is 0.135. The molecule has 2 unspecified atom stereocenters. The van der Waals surface area contributed by atoms with E-state index in [1.165, 1.54) is 36.8 Å². The van der Waals surface area contributed by atoms with Crippen molar-refractivity contribution in [2.45, 2.75) is 64.0 Å². The predicted octanol–water partition coefficient (Wildman–Crippen LogP) is 3.59. The Kier molecular flexibility index (Phi) is 5.87. The van der Waals surface area contributed by atoms with E-state index in [0.717, 1.165) is 25.8 Å². The average Bonchev–Trinajstić information content (AvgIpc) is 2.46. The van der Waals surface area contributed by atoms with Gasteiger partial charge < -0.3 is 10.4 Å². The molecule has 2 heteroatoms. The molecule has 1 aromatic rings. The van der Waals surface area contributed by atoms with Gasteiger partial charge in [-0.3, -0.25) is 0 Å². The smallest absolute Gasteiger partial charge is 0.0735 e. The van der Waals surface area contributed by atoms with Crippen LogP contribution >= 0.6 is 0 Å². The number of aliphatic hydroxyl groups excluding tert-OH is 1. The van der Waals surface area contributed by atoms with Crippen molar-refractivity contribution in [3.05, 3.63) is 35.4 Å². The van der Waals surface area contributed by atoms with Crippen molar-refractivity contribution in [3.8, 4) is 0 Å². The van der Waals surface area contributed by atoms with Crippen LogP contribution in [-0.2, 0) is 6.42 Å². The van der Waals surface area contributed by atoms with Gasteiger partial charge in [-0.15, -0.1) is 0 Å². The van der Waals surface area contributed by atoms with Crippen LogP contribution in [0, 0.1) is 0 Å². The molecular formula is C17H27NO. The van der Waals surface area contributed by atoms with Crippen molar-refractivity contribution in [1.29, 1.82) is 0 Å². The summed E-state index contributed by atoms with van der Waals surface area (Å²) in [5, 5.41) is 13.9. The molecule has 0 amide bonds. The summed E-state index contributed by atoms with van der Waals surface area (Å²) in [5.41, 5.74) is 2.70. The van der Waals surface area contributed by atoms with E-state index >= 15 is 0 Å². The summed E-state index contributed by atoms with van der Waals surface area (Å²) in [5.74, 6) is 0. The predicted molar refractivity (Wildman–Crippen MR) is 80.3 cm³/mol. The molecule has 2 atom stereocenters. The van der Waals surface area contributed by atoms with E-state index in [1.807, 2.05) is 0 Å². The Labute approximate surface area is 117 Å². The Hall–Kier alpha value is -0.860. The molecule has 0 aliphatic carbocycles. The third-order valence-corrected chi connectivity index (χ3v) is 4.14. The Bertz CT molecular complexity index is 377. The molecule has 1 aliphatic heterocycles. The van der Waals surface area contributed by atoms with Crippen LogP contribution in [0.3, 0.4) is 0 Å². The van der Waals surface area contributed by atoms with E-state index in [0.29, 0.717) is 0 Å². The largest absolute Gasteiger partial charge is 0.391 e. The number of benzene rings is 1. The number of rotatable bonds is 7. The highest BCUT2D eigenvalue weighted by Crippen LogP contribution is 2.27. The molecule has 0 spiro atoms. The lowest BCUT2D eigenvalue weighted by Crippen LogP contribution is -2.37. The first-order valence-electron chi connectivity index (χ1n) is 7.82. The van der Waals surface area contributed by atoms with Crippen LogP contribution < -0.4 is 5.32 Å². The summed E-state index contributed by atoms with van der Waals surface area (Å²) < 4.78 is 0. The minimum atomic E-state index is -0.247. The average molecular weight is 261 g/mol. The molecule has 0 fully saturated rings. The summed E-state index contributed by atoms with van der Waals surface area (Å²) in [7, 11) is 0. The molecule has 1 aliphatic rings. The number of hydrogen-bond donors (Lipinski definition) is 2. The first kappa shape index (κ1) is 14.5. The monoisotopic (exact) mass is 261 g/mol. The lowest BCUT2D eigenvalue weighted by atomic mass is 9.89. The quantitative estimate of drug-likeness (QED) is 0.735. The van der Waals surface area contributed by atoms with Crippen LogP contribution in [0.1, 0.15) is 62.6 Å². The zero-order chi connectivity index (χ0) is 13.5. The number of fused-ring (bicyclic) bond motifs is 1. The first-order chi connectivity index (χ1) is 9.33. The molecule has 2 nitrogen and oxygen atoms in total. The van der Waals surface area contributed by atoms with Crippen molar-refractivity contribution in [2.75, 3.05) is 6.54 Å². The highest BCUT2D eigenvalue weighted by Gasteiger charge is 2.25. The number of hydrogen-bond acceptors (Lipinski definition) is 2. The van der Waals surface area contributed by atoms with Crippen molar-refractivity contribution in [1.82, 2.24) is 5.32 Å². The fourth-order valence-corrected chi connectivity index (χ4v) is 3.00. The van der Waals surface area contributed by atoms with Crippen LogP contribution in [0.25, 0.3) is 0 Å². The van der Waals surface area contributed by atoms with Crippen molar-refractivity contribution in [3.63, 3.8) is 0 Å². The number of aliphatic hydroxyl groups is 1. The van der Waals surface area contributed by atoms with Crippen LogP contribution in [0.2, 0.25) is 0 Å². The maximum atomic E-state index is 10.4. The van der Waals surface area contributed by atoms with Crippen LogP contribution in [0.5, 0.6) is 0 Å². The van der Waals surface area contributed by atoms with Gasteiger partial charge in [-0.25, -0.2) is 0 Å². The Morgan fingerprint density at radius 3 is 2.84 bits per heavy atom. The molecule has 1 heterocycles. The molecule has 2 N–H and O–H groups in total. The van der Waals surface area contributed by atoms with Gasteiger partial charge in [-0.05, 0) is 30.5 Å². The molecular weight excluding hydrogens is 234 g/mol. The lowest BCUT2D eigenvalue weighted by Gasteiger charge is -2.30. The van der Waals surface area contributed by atoms with Gasteiger partial charge in [0.05, 0.1) is 12.1 Å². The van der Waals surface area contributed by atoms with Crippen LogP contribution in [0.4, 0.5) is 0 Å². The highest BCUT2D eigenvalue weighted by molar-refractivity contribution is 5.33. The van der Waals surface area contributed by atoms with Gasteiger partial charge in [0.25, 0.3) is 0 Å². The van der Waals surface area contributed by atoms with E-state index in [4.69, 9.17) is 0 Å². The normalized spacial score (nSPS) is 20.0. The molecule has 2 rings (SSSR count). The Balaban J connectivity index is 1.84. The van der Waals surface area contributed by atoms with Gasteiger partial charge in [0.2, 0.25) is 0 Å². The molecule has 0 saturated carbocycles. The minimum Gasteiger partial charge on any atom is -0.391 e. The van der Waals surface area contributed by atoms with Gasteiger partial charge in [0.15, 0.2) is 0 Å². The number of nitrogens with one attached hydrogen (secondary N) is 1. The maximum absolute atomic E-state index is 10.4. The Morgan fingerprint density at radius 2 is 2.00 bits per heavy atom. The first-order valence-corrected chi connectivity index (χ1v) is 7.82. The molecule has 1 aromatic carbocycles. The van der Waals surface area contributed by atoms with Crippen molar-refractivity contribution in [2.24, 2.45) is 0 Å². The van der Waals surface area contributed by atoms with Crippen molar-refractivity contribution < 1.29 is 5.11 Å². The summed E-state index contributed by atoms with van der Waals surface area (Å²) in [6, 6.07) is 8.66. The lowest BCUT2D eigenvalue weighted by molar-refractivity contribution is 0.112. The van der Waals surface area contributed by atoms with Crippen molar-refractivity contribution >= 4 is 0 Å². The second-order valence-electron chi connectivity index (χ2n) is 5.65. The van der Waals surface area contributed by atoms with E-state index < -0.39 is 0 Å². The summed E-state index contributed by atoms with van der Waals surface area (Å²) in [4.78, 5) is 0. The molecule has 0 radical (unpaired) electrons. The maximum Gasteiger partial charge on any atom is 0.0735 e. The zero-order valence-corrected chi connectivity index (χ0v) is 12.1. The van der Waals surface area contributed by atoms with Gasteiger partial charge >= 0.3 is 0 Å². The molecule has 106 valence electrons. The van der Waals surface area contributed by atoms with Crippen LogP contribution in [0.15, 0.2) is 24.3 Å². The second kappa shape index (κ2) is 7.66. The SMILES string of the molecule is CCCCCCCC(O)C1NCCc2ccccc21. The van der Waals surface area contributed by atoms with Gasteiger partial charge in [0, 0.05) is 0 Å². The molecule has 0 bridgehead atoms. The van der Waals surface area contributed by atoms with E-state index in [2.05, 4.69) is 36.5 Å².